The van der Waals surface area contributed by atoms with Gasteiger partial charge in [0.1, 0.15) is 17.4 Å². The summed E-state index contributed by atoms with van der Waals surface area (Å²) in [6.45, 7) is 5.46. The second-order valence-electron chi connectivity index (χ2n) is 6.99. The Hall–Kier alpha value is -3.56. The average Bonchev–Trinajstić information content (AvgIpc) is 2.75. The Labute approximate surface area is 176 Å². The highest BCUT2D eigenvalue weighted by Gasteiger charge is 2.08. The van der Waals surface area contributed by atoms with Crippen LogP contribution >= 0.6 is 0 Å². The summed E-state index contributed by atoms with van der Waals surface area (Å²) in [4.78, 5) is 0. The van der Waals surface area contributed by atoms with Gasteiger partial charge in [-0.1, -0.05) is 48.3 Å². The fourth-order valence-corrected chi connectivity index (χ4v) is 2.93. The van der Waals surface area contributed by atoms with Crippen LogP contribution in [0.15, 0.2) is 48.5 Å². The first-order valence-corrected chi connectivity index (χ1v) is 9.68. The lowest BCUT2D eigenvalue weighted by Crippen LogP contribution is -1.95. The lowest BCUT2D eigenvalue weighted by molar-refractivity contribution is 0.413. The van der Waals surface area contributed by atoms with E-state index in [1.807, 2.05) is 50.2 Å². The van der Waals surface area contributed by atoms with Crippen LogP contribution in [0.3, 0.4) is 0 Å². The molecule has 3 aromatic rings. The predicted molar refractivity (Wildman–Crippen MR) is 117 cm³/mol. The van der Waals surface area contributed by atoms with Gasteiger partial charge in [-0.2, -0.15) is 0 Å². The first-order chi connectivity index (χ1) is 14.4. The van der Waals surface area contributed by atoms with Crippen molar-refractivity contribution >= 4 is 0 Å². The van der Waals surface area contributed by atoms with Crippen LogP contribution in [-0.2, 0) is 6.42 Å². The second-order valence-corrected chi connectivity index (χ2v) is 6.99. The Kier molecular flexibility index (Phi) is 6.55. The van der Waals surface area contributed by atoms with E-state index in [0.717, 1.165) is 28.7 Å². The molecule has 0 aliphatic carbocycles. The summed E-state index contributed by atoms with van der Waals surface area (Å²) in [6.07, 6.45) is 0.740. The SMILES string of the molecule is CCc1cc(C#Cc2ccc(C)cc2)c(OC)cc1C#Cc1cc(F)c(C)c(F)c1. The summed E-state index contributed by atoms with van der Waals surface area (Å²) >= 11 is 0. The molecular formula is C27H22F2O. The van der Waals surface area contributed by atoms with Gasteiger partial charge in [0.2, 0.25) is 0 Å². The number of ether oxygens (including phenoxy) is 1. The molecule has 150 valence electrons. The molecule has 0 N–H and O–H groups in total. The summed E-state index contributed by atoms with van der Waals surface area (Å²) in [5.74, 6) is 11.6. The van der Waals surface area contributed by atoms with E-state index in [0.29, 0.717) is 11.3 Å². The molecule has 1 nitrogen and oxygen atoms in total. The minimum absolute atomic E-state index is 0.00651. The number of hydrogen-bond donors (Lipinski definition) is 0. The van der Waals surface area contributed by atoms with Crippen molar-refractivity contribution in [2.75, 3.05) is 7.11 Å². The highest BCUT2D eigenvalue weighted by atomic mass is 19.1. The molecule has 0 saturated heterocycles. The third-order valence-electron chi connectivity index (χ3n) is 4.82. The first-order valence-electron chi connectivity index (χ1n) is 9.68. The van der Waals surface area contributed by atoms with E-state index in [4.69, 9.17) is 4.74 Å². The smallest absolute Gasteiger partial charge is 0.135 e. The van der Waals surface area contributed by atoms with Crippen molar-refractivity contribution in [1.82, 2.24) is 0 Å². The van der Waals surface area contributed by atoms with Crippen LogP contribution in [0.4, 0.5) is 8.78 Å². The van der Waals surface area contributed by atoms with Crippen molar-refractivity contribution in [2.45, 2.75) is 27.2 Å². The fourth-order valence-electron chi connectivity index (χ4n) is 2.93. The van der Waals surface area contributed by atoms with Gasteiger partial charge in [0.25, 0.3) is 0 Å². The summed E-state index contributed by atoms with van der Waals surface area (Å²) in [6, 6.07) is 14.3. The van der Waals surface area contributed by atoms with Crippen LogP contribution < -0.4 is 4.74 Å². The number of hydrogen-bond acceptors (Lipinski definition) is 1. The van der Waals surface area contributed by atoms with E-state index in [-0.39, 0.29) is 5.56 Å². The minimum atomic E-state index is -0.602. The monoisotopic (exact) mass is 400 g/mol. The first kappa shape index (κ1) is 21.2. The molecule has 0 radical (unpaired) electrons. The molecule has 3 aromatic carbocycles. The zero-order valence-electron chi connectivity index (χ0n) is 17.5. The summed E-state index contributed by atoms with van der Waals surface area (Å²) in [5, 5.41) is 0. The highest BCUT2D eigenvalue weighted by Crippen LogP contribution is 2.24. The fraction of sp³-hybridized carbons (Fsp3) is 0.185. The Morgan fingerprint density at radius 2 is 1.37 bits per heavy atom. The van der Waals surface area contributed by atoms with Gasteiger partial charge in [0.05, 0.1) is 12.7 Å². The van der Waals surface area contributed by atoms with Crippen LogP contribution in [0, 0.1) is 49.2 Å². The normalized spacial score (nSPS) is 9.93. The minimum Gasteiger partial charge on any atom is -0.495 e. The van der Waals surface area contributed by atoms with Crippen molar-refractivity contribution in [3.8, 4) is 29.4 Å². The van der Waals surface area contributed by atoms with Crippen LogP contribution in [0.5, 0.6) is 5.75 Å². The summed E-state index contributed by atoms with van der Waals surface area (Å²) in [7, 11) is 1.58. The number of halogens is 2. The maximum Gasteiger partial charge on any atom is 0.135 e. The molecule has 0 bridgehead atoms. The van der Waals surface area contributed by atoms with Crippen molar-refractivity contribution in [3.05, 3.63) is 99.1 Å². The zero-order chi connectivity index (χ0) is 21.7. The molecule has 0 atom stereocenters. The molecule has 0 spiro atoms. The van der Waals surface area contributed by atoms with Gasteiger partial charge in [-0.3, -0.25) is 0 Å². The molecule has 3 heteroatoms. The molecule has 0 fully saturated rings. The molecule has 0 unspecified atom stereocenters. The molecule has 0 amide bonds. The van der Waals surface area contributed by atoms with E-state index in [2.05, 4.69) is 23.7 Å². The van der Waals surface area contributed by atoms with Crippen molar-refractivity contribution in [3.63, 3.8) is 0 Å². The summed E-state index contributed by atoms with van der Waals surface area (Å²) in [5.41, 5.74) is 4.90. The maximum absolute atomic E-state index is 13.8. The van der Waals surface area contributed by atoms with Gasteiger partial charge >= 0.3 is 0 Å². The topological polar surface area (TPSA) is 9.23 Å². The lowest BCUT2D eigenvalue weighted by atomic mass is 10.00. The van der Waals surface area contributed by atoms with Crippen molar-refractivity contribution < 1.29 is 13.5 Å². The Balaban J connectivity index is 1.99. The van der Waals surface area contributed by atoms with E-state index in [9.17, 15) is 8.78 Å². The van der Waals surface area contributed by atoms with Crippen molar-refractivity contribution in [2.24, 2.45) is 0 Å². The Bertz CT molecular complexity index is 1180. The molecule has 0 aliphatic rings. The molecule has 0 aromatic heterocycles. The number of methoxy groups -OCH3 is 1. The maximum atomic E-state index is 13.8. The van der Waals surface area contributed by atoms with Gasteiger partial charge in [-0.25, -0.2) is 8.78 Å². The van der Waals surface area contributed by atoms with Gasteiger partial charge in [0, 0.05) is 22.3 Å². The van der Waals surface area contributed by atoms with Gasteiger partial charge in [-0.15, -0.1) is 0 Å². The van der Waals surface area contributed by atoms with Gasteiger partial charge in [0.15, 0.2) is 0 Å². The van der Waals surface area contributed by atoms with Crippen LogP contribution in [0.25, 0.3) is 0 Å². The largest absolute Gasteiger partial charge is 0.495 e. The van der Waals surface area contributed by atoms with Crippen molar-refractivity contribution in [1.29, 1.82) is 0 Å². The highest BCUT2D eigenvalue weighted by molar-refractivity contribution is 5.58. The third kappa shape index (κ3) is 4.88. The Morgan fingerprint density at radius 3 is 1.97 bits per heavy atom. The molecule has 0 heterocycles. The average molecular weight is 400 g/mol. The molecule has 0 saturated carbocycles. The third-order valence-corrected chi connectivity index (χ3v) is 4.82. The molecule has 0 aliphatic heterocycles. The van der Waals surface area contributed by atoms with Crippen LogP contribution in [-0.4, -0.2) is 7.11 Å². The molecular weight excluding hydrogens is 378 g/mol. The van der Waals surface area contributed by atoms with E-state index in [1.165, 1.54) is 24.6 Å². The Morgan fingerprint density at radius 1 is 0.767 bits per heavy atom. The molecule has 3 rings (SSSR count). The van der Waals surface area contributed by atoms with E-state index in [1.54, 1.807) is 7.11 Å². The molecule has 30 heavy (non-hydrogen) atoms. The second kappa shape index (κ2) is 9.29. The summed E-state index contributed by atoms with van der Waals surface area (Å²) < 4.78 is 33.1. The quantitative estimate of drug-likeness (QED) is 0.483. The number of benzene rings is 3. The van der Waals surface area contributed by atoms with E-state index < -0.39 is 11.6 Å². The van der Waals surface area contributed by atoms with Gasteiger partial charge < -0.3 is 4.74 Å². The number of rotatable bonds is 2. The predicted octanol–water partition coefficient (Wildman–Crippen LogP) is 5.95. The lowest BCUT2D eigenvalue weighted by Gasteiger charge is -2.08. The number of aryl methyl sites for hydroxylation is 2. The standard InChI is InChI=1S/C27H22F2O/c1-5-22-16-24(13-10-20-8-6-18(2)7-9-20)27(30-4)17-23(22)12-11-21-14-25(28)19(3)26(29)15-21/h6-9,14-17H,5H2,1-4H3. The van der Waals surface area contributed by atoms with E-state index >= 15 is 0 Å². The zero-order valence-corrected chi connectivity index (χ0v) is 17.5. The van der Waals surface area contributed by atoms with Gasteiger partial charge in [-0.05, 0) is 62.2 Å². The van der Waals surface area contributed by atoms with Crippen LogP contribution in [0.1, 0.15) is 45.9 Å². The van der Waals surface area contributed by atoms with Crippen LogP contribution in [0.2, 0.25) is 0 Å².